The fourth-order valence-electron chi connectivity index (χ4n) is 3.96. The molecule has 0 radical (unpaired) electrons. The van der Waals surface area contributed by atoms with Gasteiger partial charge in [-0.1, -0.05) is 17.3 Å². The number of nitrogens with one attached hydrogen (secondary N) is 2. The van der Waals surface area contributed by atoms with Crippen molar-refractivity contribution in [2.24, 2.45) is 0 Å². The molecule has 2 heterocycles. The molecular formula is C24H37N5O6S. The minimum Gasteiger partial charge on any atom is -0.380 e. The van der Waals surface area contributed by atoms with E-state index in [-0.39, 0.29) is 17.5 Å². The summed E-state index contributed by atoms with van der Waals surface area (Å²) in [5.41, 5.74) is 0.171. The van der Waals surface area contributed by atoms with Crippen molar-refractivity contribution >= 4 is 27.1 Å². The van der Waals surface area contributed by atoms with E-state index in [1.165, 1.54) is 0 Å². The predicted octanol–water partition coefficient (Wildman–Crippen LogP) is 1.70. The van der Waals surface area contributed by atoms with E-state index in [0.717, 1.165) is 36.8 Å². The lowest BCUT2D eigenvalue weighted by atomic mass is 10.1. The summed E-state index contributed by atoms with van der Waals surface area (Å²) >= 11 is 0. The van der Waals surface area contributed by atoms with Crippen LogP contribution in [0.25, 0.3) is 0 Å². The van der Waals surface area contributed by atoms with Crippen molar-refractivity contribution < 1.29 is 18.0 Å². The van der Waals surface area contributed by atoms with Crippen molar-refractivity contribution in [1.82, 2.24) is 14.4 Å². The number of hydroxylamine groups is 1. The van der Waals surface area contributed by atoms with E-state index in [2.05, 4.69) is 20.5 Å². The molecule has 0 atom stereocenters. The first kappa shape index (κ1) is 28.2. The van der Waals surface area contributed by atoms with Gasteiger partial charge in [0.05, 0.1) is 25.6 Å². The van der Waals surface area contributed by atoms with E-state index in [1.54, 1.807) is 38.4 Å². The van der Waals surface area contributed by atoms with Crippen molar-refractivity contribution in [2.75, 3.05) is 62.4 Å². The maximum absolute atomic E-state index is 12.8. The summed E-state index contributed by atoms with van der Waals surface area (Å²) in [5, 5.41) is 5.99. The third-order valence-corrected chi connectivity index (χ3v) is 7.80. The highest BCUT2D eigenvalue weighted by atomic mass is 32.2. The van der Waals surface area contributed by atoms with Crippen molar-refractivity contribution in [1.29, 1.82) is 0 Å². The molecule has 12 heteroatoms. The van der Waals surface area contributed by atoms with Gasteiger partial charge in [0.2, 0.25) is 10.0 Å². The molecule has 1 saturated heterocycles. The molecule has 2 aromatic rings. The van der Waals surface area contributed by atoms with Gasteiger partial charge in [-0.05, 0) is 38.8 Å². The first-order chi connectivity index (χ1) is 17.3. The highest BCUT2D eigenvalue weighted by Crippen LogP contribution is 2.20. The molecule has 1 aliphatic rings. The quantitative estimate of drug-likeness (QED) is 0.190. The number of hydrogen-bond acceptors (Lipinski definition) is 10. The summed E-state index contributed by atoms with van der Waals surface area (Å²) in [6.45, 7) is 8.15. The molecule has 1 aromatic heterocycles. The molecule has 11 nitrogen and oxygen atoms in total. The van der Waals surface area contributed by atoms with Gasteiger partial charge in [0.1, 0.15) is 11.4 Å². The first-order valence-electron chi connectivity index (χ1n) is 12.5. The zero-order valence-corrected chi connectivity index (χ0v) is 21.9. The smallest absolute Gasteiger partial charge is 0.253 e. The SMILES string of the molecule is CC(C)N(OCCN1CCOCC1)S(=O)(=O)CCCCCCNc1c(Nc2ccncc2)c(=O)c1=O. The molecule has 2 N–H and O–H groups in total. The Morgan fingerprint density at radius 1 is 1.06 bits per heavy atom. The summed E-state index contributed by atoms with van der Waals surface area (Å²) in [6.07, 6.45) is 5.99. The van der Waals surface area contributed by atoms with Crippen molar-refractivity contribution in [3.8, 4) is 0 Å². The van der Waals surface area contributed by atoms with Crippen LogP contribution in [0.5, 0.6) is 0 Å². The van der Waals surface area contributed by atoms with Gasteiger partial charge in [0, 0.05) is 50.3 Å². The van der Waals surface area contributed by atoms with Gasteiger partial charge in [0.25, 0.3) is 10.9 Å². The van der Waals surface area contributed by atoms with Gasteiger partial charge in [0.15, 0.2) is 0 Å². The zero-order chi connectivity index (χ0) is 26.0. The Labute approximate surface area is 212 Å². The van der Waals surface area contributed by atoms with Crippen molar-refractivity contribution in [3.05, 3.63) is 45.0 Å². The number of sulfonamides is 1. The Hall–Kier alpha value is -2.38. The average molecular weight is 524 g/mol. The molecule has 1 aromatic carbocycles. The third kappa shape index (κ3) is 8.07. The molecule has 0 amide bonds. The summed E-state index contributed by atoms with van der Waals surface area (Å²) in [6, 6.07) is 3.14. The molecule has 0 bridgehead atoms. The van der Waals surface area contributed by atoms with Crippen molar-refractivity contribution in [2.45, 2.75) is 45.6 Å². The van der Waals surface area contributed by atoms with Gasteiger partial charge in [-0.3, -0.25) is 24.3 Å². The Balaban J connectivity index is 1.34. The van der Waals surface area contributed by atoms with Crippen LogP contribution in [-0.2, 0) is 19.6 Å². The summed E-state index contributed by atoms with van der Waals surface area (Å²) in [4.78, 5) is 35.6. The maximum atomic E-state index is 12.8. The lowest BCUT2D eigenvalue weighted by Crippen LogP contribution is -2.42. The lowest BCUT2D eigenvalue weighted by molar-refractivity contribution is -0.112. The molecule has 1 aliphatic heterocycles. The van der Waals surface area contributed by atoms with Crippen LogP contribution in [0.2, 0.25) is 0 Å². The maximum Gasteiger partial charge on any atom is 0.253 e. The van der Waals surface area contributed by atoms with E-state index in [1.807, 2.05) is 0 Å². The number of pyridine rings is 1. The summed E-state index contributed by atoms with van der Waals surface area (Å²) in [7, 11) is -3.53. The molecule has 3 rings (SSSR count). The largest absolute Gasteiger partial charge is 0.380 e. The van der Waals surface area contributed by atoms with Crippen LogP contribution in [0.15, 0.2) is 34.1 Å². The van der Waals surface area contributed by atoms with Crippen LogP contribution in [-0.4, -0.2) is 80.6 Å². The standard InChI is InChI=1S/C24H37N5O6S/c1-19(2)29(35-17-14-28-12-15-34-16-13-28)36(32,33)18-6-4-3-5-9-26-21-22(24(31)23(21)30)27-20-7-10-25-11-8-20/h7-8,10-11,19,26H,3-6,9,12-18H2,1-2H3,(H,25,27). The van der Waals surface area contributed by atoms with Crippen LogP contribution >= 0.6 is 0 Å². The molecule has 1 fully saturated rings. The van der Waals surface area contributed by atoms with E-state index < -0.39 is 20.9 Å². The molecule has 36 heavy (non-hydrogen) atoms. The third-order valence-electron chi connectivity index (χ3n) is 5.92. The van der Waals surface area contributed by atoms with Crippen molar-refractivity contribution in [3.63, 3.8) is 0 Å². The second-order valence-electron chi connectivity index (χ2n) is 9.06. The van der Waals surface area contributed by atoms with Gasteiger partial charge >= 0.3 is 0 Å². The summed E-state index contributed by atoms with van der Waals surface area (Å²) in [5.74, 6) is 0.0221. The van der Waals surface area contributed by atoms with Crippen LogP contribution in [0.1, 0.15) is 39.5 Å². The van der Waals surface area contributed by atoms with Crippen LogP contribution in [0.3, 0.4) is 0 Å². The second kappa shape index (κ2) is 13.8. The minimum absolute atomic E-state index is 0.0221. The number of hydrogen-bond donors (Lipinski definition) is 2. The first-order valence-corrected chi connectivity index (χ1v) is 14.1. The van der Waals surface area contributed by atoms with Crippen LogP contribution < -0.4 is 21.5 Å². The van der Waals surface area contributed by atoms with E-state index in [0.29, 0.717) is 50.7 Å². The highest BCUT2D eigenvalue weighted by molar-refractivity contribution is 7.88. The topological polar surface area (TPSA) is 130 Å². The van der Waals surface area contributed by atoms with E-state index in [9.17, 15) is 18.0 Å². The molecule has 200 valence electrons. The monoisotopic (exact) mass is 523 g/mol. The van der Waals surface area contributed by atoms with Gasteiger partial charge < -0.3 is 15.4 Å². The number of anilines is 3. The zero-order valence-electron chi connectivity index (χ0n) is 21.1. The number of morpholine rings is 1. The molecule has 0 unspecified atom stereocenters. The number of rotatable bonds is 16. The lowest BCUT2D eigenvalue weighted by Gasteiger charge is -2.29. The van der Waals surface area contributed by atoms with Gasteiger partial charge in [-0.15, -0.1) is 0 Å². The number of ether oxygens (including phenoxy) is 1. The Bertz CT molecular complexity index is 1110. The average Bonchev–Trinajstić information content (AvgIpc) is 2.87. The van der Waals surface area contributed by atoms with Gasteiger partial charge in [-0.25, -0.2) is 8.42 Å². The normalized spacial score (nSPS) is 15.1. The molecule has 0 aliphatic carbocycles. The number of aromatic nitrogens is 1. The number of unbranched alkanes of at least 4 members (excludes halogenated alkanes) is 3. The number of nitrogens with zero attached hydrogens (tertiary/aromatic N) is 3. The Kier molecular flexibility index (Phi) is 10.8. The second-order valence-corrected chi connectivity index (χ2v) is 11.0. The molecular weight excluding hydrogens is 486 g/mol. The van der Waals surface area contributed by atoms with E-state index in [4.69, 9.17) is 9.57 Å². The Morgan fingerprint density at radius 3 is 2.42 bits per heavy atom. The minimum atomic E-state index is -3.53. The van der Waals surface area contributed by atoms with Crippen LogP contribution in [0.4, 0.5) is 17.1 Å². The molecule has 0 spiro atoms. The van der Waals surface area contributed by atoms with E-state index >= 15 is 0 Å². The van der Waals surface area contributed by atoms with Gasteiger partial charge in [-0.2, -0.15) is 0 Å². The Morgan fingerprint density at radius 2 is 1.72 bits per heavy atom. The highest BCUT2D eigenvalue weighted by Gasteiger charge is 2.26. The fraction of sp³-hybridized carbons (Fsp3) is 0.625. The predicted molar refractivity (Wildman–Crippen MR) is 140 cm³/mol. The summed E-state index contributed by atoms with van der Waals surface area (Å²) < 4.78 is 32.1. The molecule has 0 saturated carbocycles. The van der Waals surface area contributed by atoms with Crippen LogP contribution in [0, 0.1) is 0 Å². The fourth-order valence-corrected chi connectivity index (χ4v) is 5.59.